The molecule has 2 aromatic rings. The van der Waals surface area contributed by atoms with Crippen LogP contribution in [-0.4, -0.2) is 48.2 Å². The summed E-state index contributed by atoms with van der Waals surface area (Å²) in [5, 5.41) is 3.01. The quantitative estimate of drug-likeness (QED) is 0.915. The molecule has 0 aliphatic carbocycles. The summed E-state index contributed by atoms with van der Waals surface area (Å²) in [6, 6.07) is 9.83. The monoisotopic (exact) mass is 338 g/mol. The first-order chi connectivity index (χ1) is 12.2. The Balaban J connectivity index is 1.35. The standard InChI is InChI=1S/C19H22N4O2/c1-14-12-15-13-16(2-3-18(15)25-14)21-19(24)23-10-8-22(9-11-23)17-4-6-20-7-5-17/h2-7,13-14H,8-12H2,1H3,(H,21,24). The molecule has 4 rings (SSSR count). The lowest BCUT2D eigenvalue weighted by Gasteiger charge is -2.36. The molecule has 6 nitrogen and oxygen atoms in total. The number of carbonyl (C=O) groups is 1. The lowest BCUT2D eigenvalue weighted by molar-refractivity contribution is 0.208. The van der Waals surface area contributed by atoms with Crippen LogP contribution in [0, 0.1) is 0 Å². The first kappa shape index (κ1) is 15.7. The molecule has 1 atom stereocenters. The van der Waals surface area contributed by atoms with Crippen molar-refractivity contribution in [3.8, 4) is 5.75 Å². The largest absolute Gasteiger partial charge is 0.490 e. The zero-order valence-electron chi connectivity index (χ0n) is 14.3. The first-order valence-electron chi connectivity index (χ1n) is 8.69. The predicted molar refractivity (Wildman–Crippen MR) is 97.3 cm³/mol. The zero-order chi connectivity index (χ0) is 17.2. The Kier molecular flexibility index (Phi) is 4.17. The summed E-state index contributed by atoms with van der Waals surface area (Å²) >= 11 is 0. The average Bonchev–Trinajstić information content (AvgIpc) is 3.02. The van der Waals surface area contributed by atoms with Crippen molar-refractivity contribution in [3.63, 3.8) is 0 Å². The second-order valence-corrected chi connectivity index (χ2v) is 6.56. The topological polar surface area (TPSA) is 57.7 Å². The molecule has 2 aliphatic heterocycles. The molecule has 0 saturated carbocycles. The van der Waals surface area contributed by atoms with E-state index in [1.54, 1.807) is 12.4 Å². The molecule has 0 bridgehead atoms. The molecule has 25 heavy (non-hydrogen) atoms. The Labute approximate surface area is 147 Å². The van der Waals surface area contributed by atoms with Crippen LogP contribution in [0.5, 0.6) is 5.75 Å². The van der Waals surface area contributed by atoms with Crippen LogP contribution in [0.4, 0.5) is 16.2 Å². The minimum atomic E-state index is -0.0405. The predicted octanol–water partition coefficient (Wildman–Crippen LogP) is 2.76. The van der Waals surface area contributed by atoms with Gasteiger partial charge in [0.15, 0.2) is 0 Å². The molecular formula is C19H22N4O2. The molecule has 1 N–H and O–H groups in total. The summed E-state index contributed by atoms with van der Waals surface area (Å²) in [5.74, 6) is 0.927. The number of carbonyl (C=O) groups excluding carboxylic acids is 1. The van der Waals surface area contributed by atoms with E-state index in [4.69, 9.17) is 4.74 Å². The molecule has 1 unspecified atom stereocenters. The van der Waals surface area contributed by atoms with E-state index in [9.17, 15) is 4.79 Å². The Bertz CT molecular complexity index is 757. The lowest BCUT2D eigenvalue weighted by atomic mass is 10.1. The summed E-state index contributed by atoms with van der Waals surface area (Å²) in [4.78, 5) is 20.7. The highest BCUT2D eigenvalue weighted by Gasteiger charge is 2.23. The van der Waals surface area contributed by atoms with Crippen molar-refractivity contribution in [2.75, 3.05) is 36.4 Å². The molecule has 2 aliphatic rings. The number of hydrogen-bond donors (Lipinski definition) is 1. The van der Waals surface area contributed by atoms with Gasteiger partial charge in [-0.25, -0.2) is 4.79 Å². The van der Waals surface area contributed by atoms with Crippen LogP contribution >= 0.6 is 0 Å². The van der Waals surface area contributed by atoms with Crippen LogP contribution in [0.2, 0.25) is 0 Å². The third-order valence-electron chi connectivity index (χ3n) is 4.74. The van der Waals surface area contributed by atoms with E-state index in [-0.39, 0.29) is 12.1 Å². The van der Waals surface area contributed by atoms with Gasteiger partial charge in [-0.2, -0.15) is 0 Å². The van der Waals surface area contributed by atoms with Crippen LogP contribution in [0.15, 0.2) is 42.7 Å². The zero-order valence-corrected chi connectivity index (χ0v) is 14.3. The number of urea groups is 1. The number of aromatic nitrogens is 1. The Hall–Kier alpha value is -2.76. The number of nitrogens with zero attached hydrogens (tertiary/aromatic N) is 3. The number of amides is 2. The van der Waals surface area contributed by atoms with Crippen LogP contribution in [0.25, 0.3) is 0 Å². The van der Waals surface area contributed by atoms with Crippen molar-refractivity contribution in [1.29, 1.82) is 0 Å². The number of piperazine rings is 1. The number of benzene rings is 1. The van der Waals surface area contributed by atoms with Crippen molar-refractivity contribution in [2.24, 2.45) is 0 Å². The van der Waals surface area contributed by atoms with Gasteiger partial charge in [-0.15, -0.1) is 0 Å². The molecule has 1 fully saturated rings. The van der Waals surface area contributed by atoms with E-state index in [2.05, 4.69) is 22.1 Å². The molecule has 0 spiro atoms. The molecule has 2 amide bonds. The van der Waals surface area contributed by atoms with Crippen molar-refractivity contribution < 1.29 is 9.53 Å². The van der Waals surface area contributed by atoms with Gasteiger partial charge in [-0.1, -0.05) is 0 Å². The third kappa shape index (κ3) is 3.38. The summed E-state index contributed by atoms with van der Waals surface area (Å²) in [5.41, 5.74) is 3.15. The second kappa shape index (κ2) is 6.63. The van der Waals surface area contributed by atoms with Crippen LogP contribution < -0.4 is 15.0 Å². The Morgan fingerprint density at radius 2 is 1.92 bits per heavy atom. The molecule has 1 aromatic carbocycles. The van der Waals surface area contributed by atoms with E-state index in [1.807, 2.05) is 35.2 Å². The van der Waals surface area contributed by atoms with Gasteiger partial charge in [0.05, 0.1) is 0 Å². The van der Waals surface area contributed by atoms with Crippen molar-refractivity contribution in [2.45, 2.75) is 19.4 Å². The number of pyridine rings is 1. The van der Waals surface area contributed by atoms with Crippen LogP contribution in [0.3, 0.4) is 0 Å². The van der Waals surface area contributed by atoms with E-state index in [1.165, 1.54) is 0 Å². The Morgan fingerprint density at radius 3 is 2.68 bits per heavy atom. The SMILES string of the molecule is CC1Cc2cc(NC(=O)N3CCN(c4ccncc4)CC3)ccc2O1. The number of anilines is 2. The fraction of sp³-hybridized carbons (Fsp3) is 0.368. The molecule has 0 radical (unpaired) electrons. The molecule has 6 heteroatoms. The Morgan fingerprint density at radius 1 is 1.16 bits per heavy atom. The van der Waals surface area contributed by atoms with Gasteiger partial charge in [0.2, 0.25) is 0 Å². The minimum absolute atomic E-state index is 0.0405. The number of hydrogen-bond acceptors (Lipinski definition) is 4. The maximum absolute atomic E-state index is 12.5. The maximum Gasteiger partial charge on any atom is 0.321 e. The molecule has 3 heterocycles. The van der Waals surface area contributed by atoms with Crippen molar-refractivity contribution in [3.05, 3.63) is 48.3 Å². The van der Waals surface area contributed by atoms with Crippen molar-refractivity contribution >= 4 is 17.4 Å². The normalized spacial score (nSPS) is 19.3. The van der Waals surface area contributed by atoms with Crippen LogP contribution in [0.1, 0.15) is 12.5 Å². The van der Waals surface area contributed by atoms with Gasteiger partial charge < -0.3 is 19.9 Å². The highest BCUT2D eigenvalue weighted by Crippen LogP contribution is 2.31. The molecule has 130 valence electrons. The fourth-order valence-electron chi connectivity index (χ4n) is 3.42. The van der Waals surface area contributed by atoms with Gasteiger partial charge in [-0.05, 0) is 42.8 Å². The van der Waals surface area contributed by atoms with E-state index in [0.717, 1.165) is 42.2 Å². The highest BCUT2D eigenvalue weighted by atomic mass is 16.5. The fourth-order valence-corrected chi connectivity index (χ4v) is 3.42. The summed E-state index contributed by atoms with van der Waals surface area (Å²) < 4.78 is 5.70. The molecular weight excluding hydrogens is 316 g/mol. The van der Waals surface area contributed by atoms with E-state index < -0.39 is 0 Å². The summed E-state index contributed by atoms with van der Waals surface area (Å²) in [7, 11) is 0. The number of rotatable bonds is 2. The molecule has 1 aromatic heterocycles. The van der Waals surface area contributed by atoms with Crippen LogP contribution in [-0.2, 0) is 6.42 Å². The van der Waals surface area contributed by atoms with E-state index >= 15 is 0 Å². The summed E-state index contributed by atoms with van der Waals surface area (Å²) in [6.45, 7) is 5.12. The van der Waals surface area contributed by atoms with Gasteiger partial charge in [0, 0.05) is 56.4 Å². The van der Waals surface area contributed by atoms with Gasteiger partial charge in [0.1, 0.15) is 11.9 Å². The number of ether oxygens (including phenoxy) is 1. The average molecular weight is 338 g/mol. The van der Waals surface area contributed by atoms with Crippen molar-refractivity contribution in [1.82, 2.24) is 9.88 Å². The number of nitrogens with one attached hydrogen (secondary N) is 1. The molecule has 1 saturated heterocycles. The van der Waals surface area contributed by atoms with Gasteiger partial charge in [0.25, 0.3) is 0 Å². The van der Waals surface area contributed by atoms with Gasteiger partial charge in [-0.3, -0.25) is 4.98 Å². The number of fused-ring (bicyclic) bond motifs is 1. The minimum Gasteiger partial charge on any atom is -0.490 e. The third-order valence-corrected chi connectivity index (χ3v) is 4.74. The second-order valence-electron chi connectivity index (χ2n) is 6.56. The van der Waals surface area contributed by atoms with E-state index in [0.29, 0.717) is 13.1 Å². The van der Waals surface area contributed by atoms with Gasteiger partial charge >= 0.3 is 6.03 Å². The smallest absolute Gasteiger partial charge is 0.321 e. The summed E-state index contributed by atoms with van der Waals surface area (Å²) in [6.07, 6.45) is 4.70. The first-order valence-corrected chi connectivity index (χ1v) is 8.69. The lowest BCUT2D eigenvalue weighted by Crippen LogP contribution is -2.50. The highest BCUT2D eigenvalue weighted by molar-refractivity contribution is 5.89. The maximum atomic E-state index is 12.5.